The standard InChI is InChI=1S/C16H13N3O3/c1-22-16(21)19-15-17-12-8-7-11(9-13(12)18-15)14(20)10-5-3-2-4-6-10/h2-9H,1H3,(H2,17,18,19,21)/i1D3,2D,3D,4D,5D,6D. The topological polar surface area (TPSA) is 84.1 Å². The minimum Gasteiger partial charge on any atom is -0.453 e. The summed E-state index contributed by atoms with van der Waals surface area (Å²) in [6.45, 7) is 0. The molecular weight excluding hydrogens is 282 g/mol. The van der Waals surface area contributed by atoms with Gasteiger partial charge >= 0.3 is 6.09 Å². The van der Waals surface area contributed by atoms with Gasteiger partial charge in [0.15, 0.2) is 5.78 Å². The Morgan fingerprint density at radius 3 is 2.86 bits per heavy atom. The van der Waals surface area contributed by atoms with Crippen LogP contribution in [0.25, 0.3) is 11.0 Å². The second-order valence-corrected chi connectivity index (χ2v) is 4.16. The first-order valence-electron chi connectivity index (χ1n) is 10.0. The normalized spacial score (nSPS) is 16.2. The Balaban J connectivity index is 1.95. The number of ether oxygens (including phenoxy) is 1. The van der Waals surface area contributed by atoms with Gasteiger partial charge in [-0.25, -0.2) is 9.78 Å². The van der Waals surface area contributed by atoms with Crippen LogP contribution < -0.4 is 5.32 Å². The summed E-state index contributed by atoms with van der Waals surface area (Å²) in [5.41, 5.74) is 0.134. The molecule has 0 unspecified atom stereocenters. The number of imidazole rings is 1. The van der Waals surface area contributed by atoms with E-state index in [2.05, 4.69) is 20.0 Å². The fourth-order valence-corrected chi connectivity index (χ4v) is 1.84. The van der Waals surface area contributed by atoms with Crippen LogP contribution in [-0.4, -0.2) is 28.9 Å². The SMILES string of the molecule is [2H]c1c([2H])c([2H])c(C(=O)c2ccc3nc(NC(=O)OC([2H])([2H])[2H])[nH]c3c2)c([2H])c1[2H]. The number of nitrogens with zero attached hydrogens (tertiary/aromatic N) is 1. The Kier molecular flexibility index (Phi) is 1.87. The van der Waals surface area contributed by atoms with Crippen molar-refractivity contribution in [3.63, 3.8) is 0 Å². The van der Waals surface area contributed by atoms with Gasteiger partial charge in [-0.3, -0.25) is 10.1 Å². The lowest BCUT2D eigenvalue weighted by Gasteiger charge is -2.00. The van der Waals surface area contributed by atoms with E-state index in [0.717, 1.165) is 0 Å². The zero-order chi connectivity index (χ0) is 22.4. The summed E-state index contributed by atoms with van der Waals surface area (Å²) < 4.78 is 63.6. The van der Waals surface area contributed by atoms with Gasteiger partial charge < -0.3 is 9.72 Å². The molecule has 3 aromatic rings. The number of hydrogen-bond acceptors (Lipinski definition) is 4. The van der Waals surface area contributed by atoms with Gasteiger partial charge in [0.2, 0.25) is 5.95 Å². The lowest BCUT2D eigenvalue weighted by Crippen LogP contribution is -2.11. The molecule has 22 heavy (non-hydrogen) atoms. The molecule has 6 heteroatoms. The fraction of sp³-hybridized carbons (Fsp3) is 0.0625. The van der Waals surface area contributed by atoms with Crippen LogP contribution >= 0.6 is 0 Å². The van der Waals surface area contributed by atoms with Gasteiger partial charge in [-0.05, 0) is 18.2 Å². The number of methoxy groups -OCH3 is 1. The first-order chi connectivity index (χ1) is 13.9. The molecule has 6 nitrogen and oxygen atoms in total. The number of aromatic amines is 1. The number of carbonyl (C=O) groups excluding carboxylic acids is 2. The summed E-state index contributed by atoms with van der Waals surface area (Å²) in [5.74, 6) is -0.925. The van der Waals surface area contributed by atoms with Crippen LogP contribution in [0.4, 0.5) is 10.7 Å². The third-order valence-corrected chi connectivity index (χ3v) is 2.78. The van der Waals surface area contributed by atoms with Crippen molar-refractivity contribution in [1.82, 2.24) is 9.97 Å². The Morgan fingerprint density at radius 2 is 2.09 bits per heavy atom. The minimum absolute atomic E-state index is 0.0151. The molecule has 0 radical (unpaired) electrons. The average molecular weight is 303 g/mol. The smallest absolute Gasteiger partial charge is 0.413 e. The quantitative estimate of drug-likeness (QED) is 0.729. The summed E-state index contributed by atoms with van der Waals surface area (Å²) in [6.07, 6.45) is -1.26. The van der Waals surface area contributed by atoms with E-state index in [-0.39, 0.29) is 17.0 Å². The largest absolute Gasteiger partial charge is 0.453 e. The molecule has 0 aliphatic heterocycles. The van der Waals surface area contributed by atoms with Gasteiger partial charge in [-0.1, -0.05) is 30.2 Å². The maximum atomic E-state index is 12.8. The van der Waals surface area contributed by atoms with E-state index in [0.29, 0.717) is 5.52 Å². The third-order valence-electron chi connectivity index (χ3n) is 2.78. The molecule has 0 aliphatic rings. The molecule has 0 aliphatic carbocycles. The molecule has 1 aromatic heterocycles. The van der Waals surface area contributed by atoms with Gasteiger partial charge in [0.1, 0.15) is 0 Å². The zero-order valence-electron chi connectivity index (χ0n) is 18.9. The molecule has 1 amide bonds. The van der Waals surface area contributed by atoms with Gasteiger partial charge in [-0.15, -0.1) is 0 Å². The second kappa shape index (κ2) is 5.69. The molecule has 2 aromatic carbocycles. The van der Waals surface area contributed by atoms with Crippen LogP contribution in [0, 0.1) is 0 Å². The predicted molar refractivity (Wildman–Crippen MR) is 82.0 cm³/mol. The first kappa shape index (κ1) is 7.22. The molecule has 0 spiro atoms. The molecule has 0 bridgehead atoms. The Bertz CT molecular complexity index is 1160. The van der Waals surface area contributed by atoms with Gasteiger partial charge in [-0.2, -0.15) is 0 Å². The Labute approximate surface area is 137 Å². The Hall–Kier alpha value is -3.15. The lowest BCUT2D eigenvalue weighted by atomic mass is 10.0. The van der Waals surface area contributed by atoms with E-state index in [1.165, 1.54) is 18.2 Å². The molecule has 3 rings (SSSR count). The van der Waals surface area contributed by atoms with Crippen molar-refractivity contribution >= 4 is 28.9 Å². The molecule has 0 saturated heterocycles. The summed E-state index contributed by atoms with van der Waals surface area (Å²) >= 11 is 0. The highest BCUT2D eigenvalue weighted by atomic mass is 16.5. The number of aromatic nitrogens is 2. The fourth-order valence-electron chi connectivity index (χ4n) is 1.84. The van der Waals surface area contributed by atoms with Crippen molar-refractivity contribution < 1.29 is 25.3 Å². The summed E-state index contributed by atoms with van der Waals surface area (Å²) in [7, 11) is -2.93. The molecule has 0 fully saturated rings. The first-order valence-corrected chi connectivity index (χ1v) is 6.00. The number of hydrogen-bond donors (Lipinski definition) is 2. The highest BCUT2D eigenvalue weighted by Crippen LogP contribution is 2.18. The van der Waals surface area contributed by atoms with E-state index >= 15 is 0 Å². The van der Waals surface area contributed by atoms with Gasteiger partial charge in [0.05, 0.1) is 29.0 Å². The van der Waals surface area contributed by atoms with Crippen LogP contribution in [0.5, 0.6) is 0 Å². The number of amides is 1. The highest BCUT2D eigenvalue weighted by Gasteiger charge is 2.12. The third kappa shape index (κ3) is 2.67. The average Bonchev–Trinajstić information content (AvgIpc) is 3.04. The van der Waals surface area contributed by atoms with Crippen LogP contribution in [0.3, 0.4) is 0 Å². The maximum absolute atomic E-state index is 12.8. The van der Waals surface area contributed by atoms with Crippen molar-refractivity contribution in [2.45, 2.75) is 0 Å². The van der Waals surface area contributed by atoms with Gasteiger partial charge in [0, 0.05) is 11.1 Å². The highest BCUT2D eigenvalue weighted by molar-refractivity contribution is 6.10. The van der Waals surface area contributed by atoms with Crippen LogP contribution in [0.1, 0.15) is 26.9 Å². The molecule has 0 saturated carbocycles. The zero-order valence-corrected chi connectivity index (χ0v) is 10.9. The number of benzene rings is 2. The Morgan fingerprint density at radius 1 is 1.27 bits per heavy atom. The number of nitrogens with one attached hydrogen (secondary N) is 2. The number of fused-ring (bicyclic) bond motifs is 1. The van der Waals surface area contributed by atoms with E-state index < -0.39 is 54.7 Å². The molecule has 110 valence electrons. The maximum Gasteiger partial charge on any atom is 0.413 e. The van der Waals surface area contributed by atoms with E-state index in [9.17, 15) is 9.59 Å². The number of carbonyl (C=O) groups is 2. The number of H-pyrrole nitrogens is 1. The van der Waals surface area contributed by atoms with Crippen molar-refractivity contribution in [1.29, 1.82) is 0 Å². The van der Waals surface area contributed by atoms with Crippen LogP contribution in [0.2, 0.25) is 0 Å². The lowest BCUT2D eigenvalue weighted by molar-refractivity contribution is 0.103. The van der Waals surface area contributed by atoms with Crippen molar-refractivity contribution in [3.05, 3.63) is 59.5 Å². The van der Waals surface area contributed by atoms with Crippen LogP contribution in [-0.2, 0) is 4.74 Å². The molecule has 0 atom stereocenters. The van der Waals surface area contributed by atoms with Gasteiger partial charge in [0.25, 0.3) is 0 Å². The van der Waals surface area contributed by atoms with Crippen molar-refractivity contribution in [3.8, 4) is 0 Å². The molecular formula is C16H13N3O3. The van der Waals surface area contributed by atoms with E-state index in [1.54, 1.807) is 0 Å². The van der Waals surface area contributed by atoms with E-state index in [1.807, 2.05) is 0 Å². The predicted octanol–water partition coefficient (Wildman–Crippen LogP) is 2.97. The minimum atomic E-state index is -2.93. The van der Waals surface area contributed by atoms with E-state index in [4.69, 9.17) is 11.0 Å². The monoisotopic (exact) mass is 303 g/mol. The van der Waals surface area contributed by atoms with Crippen LogP contribution in [0.15, 0.2) is 48.4 Å². The summed E-state index contributed by atoms with van der Waals surface area (Å²) in [6, 6.07) is 0.987. The van der Waals surface area contributed by atoms with Crippen molar-refractivity contribution in [2.75, 3.05) is 12.4 Å². The summed E-state index contributed by atoms with van der Waals surface area (Å²) in [5, 5.41) is 2.10. The summed E-state index contributed by atoms with van der Waals surface area (Å²) in [4.78, 5) is 31.0. The van der Waals surface area contributed by atoms with Crippen molar-refractivity contribution in [2.24, 2.45) is 0 Å². The number of rotatable bonds is 3. The molecule has 1 heterocycles. The number of anilines is 1. The second-order valence-electron chi connectivity index (χ2n) is 4.16. The molecule has 2 N–H and O–H groups in total. The number of ketones is 1.